The summed E-state index contributed by atoms with van der Waals surface area (Å²) in [4.78, 5) is 4.35. The molecule has 2 heterocycles. The van der Waals surface area contributed by atoms with E-state index < -0.39 is 0 Å². The molecule has 7 heteroatoms. The van der Waals surface area contributed by atoms with E-state index in [9.17, 15) is 5.26 Å². The lowest BCUT2D eigenvalue weighted by molar-refractivity contribution is 0.414. The second kappa shape index (κ2) is 6.94. The fourth-order valence-corrected chi connectivity index (χ4v) is 2.90. The topological polar surface area (TPSA) is 63.2 Å². The van der Waals surface area contributed by atoms with Gasteiger partial charge in [-0.1, -0.05) is 36.2 Å². The maximum absolute atomic E-state index is 9.68. The summed E-state index contributed by atoms with van der Waals surface area (Å²) < 4.78 is 6.89. The van der Waals surface area contributed by atoms with Gasteiger partial charge in [-0.25, -0.2) is 14.8 Å². The first-order valence-electron chi connectivity index (χ1n) is 7.71. The van der Waals surface area contributed by atoms with E-state index in [4.69, 9.17) is 16.3 Å². The number of methoxy groups -OCH3 is 1. The van der Waals surface area contributed by atoms with Gasteiger partial charge in [0.2, 0.25) is 0 Å². The number of benzene rings is 1. The largest absolute Gasteiger partial charge is 0.497 e. The molecule has 0 amide bonds. The van der Waals surface area contributed by atoms with E-state index in [2.05, 4.69) is 16.1 Å². The molecule has 2 aromatic heterocycles. The van der Waals surface area contributed by atoms with Gasteiger partial charge in [0, 0.05) is 17.1 Å². The van der Waals surface area contributed by atoms with Crippen LogP contribution in [0.5, 0.6) is 5.75 Å². The van der Waals surface area contributed by atoms with E-state index in [0.29, 0.717) is 11.5 Å². The highest BCUT2D eigenvalue weighted by atomic mass is 35.5. The molecule has 0 aliphatic rings. The number of fused-ring (bicyclic) bond motifs is 1. The van der Waals surface area contributed by atoms with Gasteiger partial charge >= 0.3 is 6.71 Å². The molecule has 0 unspecified atom stereocenters. The Morgan fingerprint density at radius 3 is 2.71 bits per heavy atom. The van der Waals surface area contributed by atoms with Crippen LogP contribution in [0.4, 0.5) is 0 Å². The van der Waals surface area contributed by atoms with Crippen molar-refractivity contribution in [3.63, 3.8) is 0 Å². The number of ether oxygens (including phenoxy) is 1. The standard InChI is InChI=1S/C17H16BClN4O/c1-3-13-10-21-23-15(8-16(19)22-17(13)23)18(11-20)9-12-4-6-14(24-2)7-5-12/h4-8,10H,3,9H2,1-2H3. The zero-order chi connectivity index (χ0) is 17.1. The van der Waals surface area contributed by atoms with E-state index in [1.807, 2.05) is 31.2 Å². The Bertz CT molecular complexity index is 901. The maximum atomic E-state index is 9.68. The van der Waals surface area contributed by atoms with Crippen LogP contribution in [0, 0.1) is 11.2 Å². The van der Waals surface area contributed by atoms with Crippen LogP contribution in [0.3, 0.4) is 0 Å². The molecular formula is C17H16BClN4O. The first-order valence-corrected chi connectivity index (χ1v) is 8.09. The van der Waals surface area contributed by atoms with E-state index in [1.165, 1.54) is 0 Å². The third-order valence-electron chi connectivity index (χ3n) is 4.03. The van der Waals surface area contributed by atoms with Gasteiger partial charge in [-0.05, 0) is 30.9 Å². The second-order valence-electron chi connectivity index (χ2n) is 5.50. The zero-order valence-corrected chi connectivity index (χ0v) is 14.3. The van der Waals surface area contributed by atoms with Gasteiger partial charge in [-0.2, -0.15) is 5.10 Å². The van der Waals surface area contributed by atoms with E-state index >= 15 is 0 Å². The van der Waals surface area contributed by atoms with Crippen LogP contribution >= 0.6 is 11.6 Å². The van der Waals surface area contributed by atoms with Crippen molar-refractivity contribution in [3.05, 3.63) is 52.8 Å². The summed E-state index contributed by atoms with van der Waals surface area (Å²) in [5.41, 5.74) is 3.53. The lowest BCUT2D eigenvalue weighted by atomic mass is 9.45. The van der Waals surface area contributed by atoms with Crippen molar-refractivity contribution in [2.45, 2.75) is 19.7 Å². The van der Waals surface area contributed by atoms with Crippen molar-refractivity contribution < 1.29 is 4.74 Å². The van der Waals surface area contributed by atoms with Crippen molar-refractivity contribution in [1.29, 1.82) is 5.26 Å². The van der Waals surface area contributed by atoms with Gasteiger partial charge in [-0.15, -0.1) is 0 Å². The highest BCUT2D eigenvalue weighted by Crippen LogP contribution is 2.15. The number of hydrogen-bond acceptors (Lipinski definition) is 4. The molecule has 0 aliphatic heterocycles. The SMILES string of the molecule is CCc1cnn2c(B(C#N)Cc3ccc(OC)cc3)cc(Cl)nc12. The molecule has 0 aliphatic carbocycles. The molecule has 3 aromatic rings. The predicted octanol–water partition coefficient (Wildman–Crippen LogP) is 2.50. The smallest absolute Gasteiger partial charge is 0.326 e. The van der Waals surface area contributed by atoms with Crippen LogP contribution < -0.4 is 10.3 Å². The van der Waals surface area contributed by atoms with Gasteiger partial charge in [0.15, 0.2) is 5.65 Å². The summed E-state index contributed by atoms with van der Waals surface area (Å²) in [5.74, 6) is 3.16. The molecule has 0 radical (unpaired) electrons. The monoisotopic (exact) mass is 338 g/mol. The number of hydrogen-bond donors (Lipinski definition) is 0. The first-order chi connectivity index (χ1) is 11.7. The highest BCUT2D eigenvalue weighted by Gasteiger charge is 2.23. The minimum atomic E-state index is -0.369. The van der Waals surface area contributed by atoms with Crippen molar-refractivity contribution in [3.8, 4) is 11.7 Å². The number of aryl methyl sites for hydroxylation is 1. The number of nitrogens with zero attached hydrogens (tertiary/aromatic N) is 4. The fourth-order valence-electron chi connectivity index (χ4n) is 2.71. The molecule has 0 N–H and O–H groups in total. The van der Waals surface area contributed by atoms with Gasteiger partial charge in [0.05, 0.1) is 13.3 Å². The Kier molecular flexibility index (Phi) is 4.72. The summed E-state index contributed by atoms with van der Waals surface area (Å²) in [7, 11) is 1.63. The Morgan fingerprint density at radius 1 is 1.33 bits per heavy atom. The van der Waals surface area contributed by atoms with Gasteiger partial charge < -0.3 is 4.74 Å². The van der Waals surface area contributed by atoms with Crippen LogP contribution in [-0.2, 0) is 12.7 Å². The molecule has 120 valence electrons. The van der Waals surface area contributed by atoms with E-state index in [-0.39, 0.29) is 6.71 Å². The number of nitriles is 1. The Hall–Kier alpha value is -2.52. The number of aromatic nitrogens is 3. The van der Waals surface area contributed by atoms with E-state index in [1.54, 1.807) is 23.9 Å². The molecular weight excluding hydrogens is 322 g/mol. The average Bonchev–Trinajstić information content (AvgIpc) is 3.02. The first kappa shape index (κ1) is 16.3. The third kappa shape index (κ3) is 3.08. The molecule has 0 saturated heterocycles. The third-order valence-corrected chi connectivity index (χ3v) is 4.23. The van der Waals surface area contributed by atoms with Crippen LogP contribution in [-0.4, -0.2) is 28.4 Å². The maximum Gasteiger partial charge on any atom is 0.326 e. The van der Waals surface area contributed by atoms with Crippen LogP contribution in [0.2, 0.25) is 5.15 Å². The second-order valence-corrected chi connectivity index (χ2v) is 5.88. The van der Waals surface area contributed by atoms with Crippen molar-refractivity contribution in [1.82, 2.24) is 14.6 Å². The summed E-state index contributed by atoms with van der Waals surface area (Å²) in [6.07, 6.45) is 3.16. The minimum Gasteiger partial charge on any atom is -0.497 e. The van der Waals surface area contributed by atoms with Gasteiger partial charge in [0.1, 0.15) is 10.9 Å². The Balaban J connectivity index is 2.00. The zero-order valence-electron chi connectivity index (χ0n) is 13.5. The molecule has 0 fully saturated rings. The molecule has 0 bridgehead atoms. The van der Waals surface area contributed by atoms with Gasteiger partial charge in [0.25, 0.3) is 0 Å². The lowest BCUT2D eigenvalue weighted by Crippen LogP contribution is -2.37. The highest BCUT2D eigenvalue weighted by molar-refractivity contribution is 6.79. The van der Waals surface area contributed by atoms with Crippen LogP contribution in [0.25, 0.3) is 5.65 Å². The van der Waals surface area contributed by atoms with Crippen LogP contribution in [0.15, 0.2) is 36.5 Å². The fraction of sp³-hybridized carbons (Fsp3) is 0.235. The summed E-state index contributed by atoms with van der Waals surface area (Å²) in [6.45, 7) is 1.67. The number of rotatable bonds is 5. The van der Waals surface area contributed by atoms with Crippen molar-refractivity contribution >= 4 is 29.6 Å². The molecule has 0 atom stereocenters. The summed E-state index contributed by atoms with van der Waals surface area (Å²) in [5, 5.41) is 14.4. The normalized spacial score (nSPS) is 10.6. The molecule has 1 aromatic carbocycles. The van der Waals surface area contributed by atoms with Crippen molar-refractivity contribution in [2.24, 2.45) is 0 Å². The molecule has 24 heavy (non-hydrogen) atoms. The van der Waals surface area contributed by atoms with Crippen LogP contribution in [0.1, 0.15) is 18.1 Å². The average molecular weight is 339 g/mol. The summed E-state index contributed by atoms with van der Waals surface area (Å²) >= 11 is 6.18. The minimum absolute atomic E-state index is 0.369. The predicted molar refractivity (Wildman–Crippen MR) is 95.1 cm³/mol. The quantitative estimate of drug-likeness (QED) is 0.530. The van der Waals surface area contributed by atoms with Gasteiger partial charge in [-0.3, -0.25) is 0 Å². The number of halogens is 1. The molecule has 0 saturated carbocycles. The summed E-state index contributed by atoms with van der Waals surface area (Å²) in [6, 6.07) is 9.43. The molecule has 0 spiro atoms. The Morgan fingerprint density at radius 2 is 2.08 bits per heavy atom. The molecule has 5 nitrogen and oxygen atoms in total. The Labute approximate surface area is 145 Å². The lowest BCUT2D eigenvalue weighted by Gasteiger charge is -2.10. The van der Waals surface area contributed by atoms with E-state index in [0.717, 1.165) is 34.5 Å². The molecule has 3 rings (SSSR count). The van der Waals surface area contributed by atoms with Crippen molar-refractivity contribution in [2.75, 3.05) is 7.11 Å².